The van der Waals surface area contributed by atoms with E-state index >= 15 is 0 Å². The number of aryl methyl sites for hydroxylation is 1. The Morgan fingerprint density at radius 3 is 2.54 bits per heavy atom. The van der Waals surface area contributed by atoms with Crippen molar-refractivity contribution in [3.05, 3.63) is 42.0 Å². The summed E-state index contributed by atoms with van der Waals surface area (Å²) in [4.78, 5) is 15.4. The van der Waals surface area contributed by atoms with E-state index in [2.05, 4.69) is 39.9 Å². The average molecular weight is 352 g/mol. The number of nitrogens with zero attached hydrogens (tertiary/aromatic N) is 6. The molecule has 1 aliphatic heterocycles. The molecule has 0 saturated carbocycles. The molecule has 0 spiro atoms. The molecule has 26 heavy (non-hydrogen) atoms. The SMILES string of the molecule is Cc1cc2nc(C(C)C)cc(N3CCC(Oc4ncccn4)CC3)n2n1. The number of piperidine rings is 1. The third-order valence-corrected chi connectivity index (χ3v) is 4.72. The predicted octanol–water partition coefficient (Wildman–Crippen LogP) is 3.00. The summed E-state index contributed by atoms with van der Waals surface area (Å²) in [6.45, 7) is 8.17. The molecule has 0 atom stereocenters. The first kappa shape index (κ1) is 16.8. The topological polar surface area (TPSA) is 68.4 Å². The normalized spacial score (nSPS) is 15.8. The van der Waals surface area contributed by atoms with E-state index in [4.69, 9.17) is 9.72 Å². The highest BCUT2D eigenvalue weighted by Crippen LogP contribution is 2.26. The van der Waals surface area contributed by atoms with Crippen molar-refractivity contribution in [2.45, 2.75) is 45.6 Å². The maximum Gasteiger partial charge on any atom is 0.316 e. The summed E-state index contributed by atoms with van der Waals surface area (Å²) in [5.74, 6) is 1.49. The smallest absolute Gasteiger partial charge is 0.316 e. The van der Waals surface area contributed by atoms with Gasteiger partial charge in [0.1, 0.15) is 11.9 Å². The molecule has 7 nitrogen and oxygen atoms in total. The van der Waals surface area contributed by atoms with Gasteiger partial charge in [0.2, 0.25) is 0 Å². The minimum absolute atomic E-state index is 0.148. The Morgan fingerprint density at radius 1 is 1.12 bits per heavy atom. The van der Waals surface area contributed by atoms with Crippen LogP contribution >= 0.6 is 0 Å². The van der Waals surface area contributed by atoms with Crippen LogP contribution in [-0.4, -0.2) is 43.8 Å². The average Bonchev–Trinajstić information content (AvgIpc) is 3.02. The van der Waals surface area contributed by atoms with E-state index < -0.39 is 0 Å². The lowest BCUT2D eigenvalue weighted by Crippen LogP contribution is -2.39. The van der Waals surface area contributed by atoms with Gasteiger partial charge in [-0.05, 0) is 18.9 Å². The number of anilines is 1. The van der Waals surface area contributed by atoms with E-state index in [-0.39, 0.29) is 6.10 Å². The second kappa shape index (κ2) is 6.90. The molecular formula is C19H24N6O. The quantitative estimate of drug-likeness (QED) is 0.719. The summed E-state index contributed by atoms with van der Waals surface area (Å²) in [6, 6.07) is 6.47. The van der Waals surface area contributed by atoms with Crippen molar-refractivity contribution in [2.75, 3.05) is 18.0 Å². The molecule has 136 valence electrons. The molecule has 7 heteroatoms. The Hall–Kier alpha value is -2.70. The lowest BCUT2D eigenvalue weighted by molar-refractivity contribution is 0.156. The number of ether oxygens (including phenoxy) is 1. The first-order valence-corrected chi connectivity index (χ1v) is 9.16. The predicted molar refractivity (Wildman–Crippen MR) is 99.7 cm³/mol. The van der Waals surface area contributed by atoms with Gasteiger partial charge in [-0.2, -0.15) is 9.61 Å². The van der Waals surface area contributed by atoms with E-state index in [1.54, 1.807) is 18.5 Å². The lowest BCUT2D eigenvalue weighted by Gasteiger charge is -2.33. The summed E-state index contributed by atoms with van der Waals surface area (Å²) >= 11 is 0. The first-order valence-electron chi connectivity index (χ1n) is 9.16. The van der Waals surface area contributed by atoms with Gasteiger partial charge in [0, 0.05) is 56.2 Å². The molecular weight excluding hydrogens is 328 g/mol. The number of aromatic nitrogens is 5. The molecule has 1 aliphatic rings. The summed E-state index contributed by atoms with van der Waals surface area (Å²) < 4.78 is 7.87. The van der Waals surface area contributed by atoms with E-state index in [0.29, 0.717) is 11.9 Å². The fourth-order valence-corrected chi connectivity index (χ4v) is 3.31. The van der Waals surface area contributed by atoms with Crippen LogP contribution in [-0.2, 0) is 0 Å². The van der Waals surface area contributed by atoms with Crippen molar-refractivity contribution in [3.63, 3.8) is 0 Å². The Morgan fingerprint density at radius 2 is 1.85 bits per heavy atom. The standard InChI is InChI=1S/C19H24N6O/c1-13(2)16-12-18(25-17(22-16)11-14(3)23-25)24-9-5-15(6-10-24)26-19-20-7-4-8-21-19/h4,7-8,11-13,15H,5-6,9-10H2,1-3H3. The second-order valence-corrected chi connectivity index (χ2v) is 7.09. The van der Waals surface area contributed by atoms with E-state index in [1.165, 1.54) is 0 Å². The van der Waals surface area contributed by atoms with Gasteiger partial charge >= 0.3 is 6.01 Å². The Bertz CT molecular complexity index is 884. The third kappa shape index (κ3) is 3.34. The second-order valence-electron chi connectivity index (χ2n) is 7.09. The van der Waals surface area contributed by atoms with Gasteiger partial charge in [0.05, 0.1) is 5.69 Å². The van der Waals surface area contributed by atoms with Crippen LogP contribution in [0, 0.1) is 6.92 Å². The van der Waals surface area contributed by atoms with Crippen LogP contribution in [0.1, 0.15) is 44.0 Å². The third-order valence-electron chi connectivity index (χ3n) is 4.72. The Balaban J connectivity index is 1.53. The summed E-state index contributed by atoms with van der Waals surface area (Å²) in [7, 11) is 0. The van der Waals surface area contributed by atoms with Crippen LogP contribution in [0.2, 0.25) is 0 Å². The van der Waals surface area contributed by atoms with Crippen LogP contribution in [0.25, 0.3) is 5.65 Å². The van der Waals surface area contributed by atoms with E-state index in [0.717, 1.165) is 48.8 Å². The van der Waals surface area contributed by atoms with Crippen molar-refractivity contribution in [1.82, 2.24) is 24.6 Å². The Kier molecular flexibility index (Phi) is 4.44. The molecule has 4 rings (SSSR count). The molecule has 0 N–H and O–H groups in total. The molecule has 3 aromatic heterocycles. The minimum Gasteiger partial charge on any atom is -0.460 e. The van der Waals surface area contributed by atoms with Crippen LogP contribution in [0.4, 0.5) is 5.82 Å². The fraction of sp³-hybridized carbons (Fsp3) is 0.474. The van der Waals surface area contributed by atoms with Crippen molar-refractivity contribution in [3.8, 4) is 6.01 Å². The van der Waals surface area contributed by atoms with E-state index in [9.17, 15) is 0 Å². The van der Waals surface area contributed by atoms with Crippen LogP contribution in [0.3, 0.4) is 0 Å². The zero-order valence-electron chi connectivity index (χ0n) is 15.5. The van der Waals surface area contributed by atoms with Gasteiger partial charge in [-0.1, -0.05) is 13.8 Å². The molecule has 0 aliphatic carbocycles. The van der Waals surface area contributed by atoms with Crippen LogP contribution < -0.4 is 9.64 Å². The highest BCUT2D eigenvalue weighted by atomic mass is 16.5. The molecule has 0 bridgehead atoms. The zero-order valence-corrected chi connectivity index (χ0v) is 15.5. The van der Waals surface area contributed by atoms with Crippen LogP contribution in [0.5, 0.6) is 6.01 Å². The largest absolute Gasteiger partial charge is 0.460 e. The highest BCUT2D eigenvalue weighted by Gasteiger charge is 2.24. The Labute approximate surface area is 153 Å². The van der Waals surface area contributed by atoms with Crippen molar-refractivity contribution >= 4 is 11.5 Å². The van der Waals surface area contributed by atoms with Crippen molar-refractivity contribution < 1.29 is 4.74 Å². The monoisotopic (exact) mass is 352 g/mol. The first-order chi connectivity index (χ1) is 12.6. The van der Waals surface area contributed by atoms with Crippen LogP contribution in [0.15, 0.2) is 30.6 Å². The number of fused-ring (bicyclic) bond motifs is 1. The van der Waals surface area contributed by atoms with Crippen molar-refractivity contribution in [2.24, 2.45) is 0 Å². The number of hydrogen-bond donors (Lipinski definition) is 0. The fourth-order valence-electron chi connectivity index (χ4n) is 3.31. The maximum absolute atomic E-state index is 5.91. The molecule has 0 unspecified atom stereocenters. The molecule has 0 radical (unpaired) electrons. The van der Waals surface area contributed by atoms with Gasteiger partial charge in [-0.15, -0.1) is 0 Å². The van der Waals surface area contributed by atoms with Crippen molar-refractivity contribution in [1.29, 1.82) is 0 Å². The number of rotatable bonds is 4. The molecule has 1 fully saturated rings. The molecule has 1 saturated heterocycles. The summed E-state index contributed by atoms with van der Waals surface area (Å²) in [5, 5.41) is 4.64. The molecule has 0 aromatic carbocycles. The van der Waals surface area contributed by atoms with Gasteiger partial charge in [0.25, 0.3) is 0 Å². The van der Waals surface area contributed by atoms with Gasteiger partial charge in [-0.25, -0.2) is 15.0 Å². The lowest BCUT2D eigenvalue weighted by atomic mass is 10.1. The minimum atomic E-state index is 0.148. The number of hydrogen-bond acceptors (Lipinski definition) is 6. The molecule has 4 heterocycles. The zero-order chi connectivity index (χ0) is 18.1. The molecule has 3 aromatic rings. The summed E-state index contributed by atoms with van der Waals surface area (Å²) in [5.41, 5.74) is 3.00. The molecule has 0 amide bonds. The maximum atomic E-state index is 5.91. The van der Waals surface area contributed by atoms with Gasteiger partial charge in [-0.3, -0.25) is 0 Å². The van der Waals surface area contributed by atoms with Gasteiger partial charge < -0.3 is 9.64 Å². The highest BCUT2D eigenvalue weighted by molar-refractivity contribution is 5.52. The summed E-state index contributed by atoms with van der Waals surface area (Å²) in [6.07, 6.45) is 5.42. The van der Waals surface area contributed by atoms with E-state index in [1.807, 2.05) is 17.5 Å². The van der Waals surface area contributed by atoms with Gasteiger partial charge in [0.15, 0.2) is 5.65 Å².